The van der Waals surface area contributed by atoms with Crippen molar-refractivity contribution >= 4 is 29.7 Å². The number of rotatable bonds is 2. The second-order valence-electron chi connectivity index (χ2n) is 8.75. The zero-order valence-corrected chi connectivity index (χ0v) is 18.6. The molecule has 3 rings (SSSR count). The maximum Gasteiger partial charge on any atom is 0.427 e. The van der Waals surface area contributed by atoms with Gasteiger partial charge in [0.2, 0.25) is 11.9 Å². The van der Waals surface area contributed by atoms with Crippen LogP contribution in [0.1, 0.15) is 33.3 Å². The topological polar surface area (TPSA) is 152 Å². The molecule has 178 valence electrons. The van der Waals surface area contributed by atoms with Gasteiger partial charge in [0, 0.05) is 24.7 Å². The molecule has 3 amide bonds. The van der Waals surface area contributed by atoms with Crippen molar-refractivity contribution in [3.8, 4) is 0 Å². The number of halogens is 1. The van der Waals surface area contributed by atoms with Crippen LogP contribution >= 0.6 is 0 Å². The Balaban J connectivity index is 2.27. The summed E-state index contributed by atoms with van der Waals surface area (Å²) < 4.78 is 25.7. The summed E-state index contributed by atoms with van der Waals surface area (Å²) in [5, 5.41) is 21.0. The first-order chi connectivity index (χ1) is 15.2. The highest BCUT2D eigenvalue weighted by atomic mass is 19.1. The van der Waals surface area contributed by atoms with Crippen LogP contribution in [0.4, 0.5) is 19.7 Å². The van der Waals surface area contributed by atoms with Gasteiger partial charge in [-0.2, -0.15) is 0 Å². The van der Waals surface area contributed by atoms with Crippen LogP contribution in [0.2, 0.25) is 0 Å². The van der Waals surface area contributed by atoms with Crippen LogP contribution < -0.4 is 0 Å². The van der Waals surface area contributed by atoms with E-state index in [0.717, 1.165) is 23.1 Å². The van der Waals surface area contributed by atoms with Crippen molar-refractivity contribution in [3.05, 3.63) is 39.7 Å². The second-order valence-corrected chi connectivity index (χ2v) is 8.75. The molecular formula is C20H23FN4O8. The molecule has 0 spiro atoms. The van der Waals surface area contributed by atoms with E-state index in [1.165, 1.54) is 27.8 Å². The van der Waals surface area contributed by atoms with Gasteiger partial charge >= 0.3 is 12.2 Å². The summed E-state index contributed by atoms with van der Waals surface area (Å²) in [6, 6.07) is 2.75. The number of nitrogens with zero attached hydrogens (tertiary/aromatic N) is 4. The van der Waals surface area contributed by atoms with Gasteiger partial charge in [0.25, 0.3) is 5.69 Å². The zero-order chi connectivity index (χ0) is 24.9. The average molecular weight is 466 g/mol. The minimum Gasteiger partial charge on any atom is -0.464 e. The van der Waals surface area contributed by atoms with Crippen molar-refractivity contribution in [1.29, 1.82) is 0 Å². The van der Waals surface area contributed by atoms with Crippen molar-refractivity contribution in [3.63, 3.8) is 0 Å². The fraction of sp³-hybridized carbons (Fsp3) is 0.500. The van der Waals surface area contributed by atoms with Crippen molar-refractivity contribution in [1.82, 2.24) is 9.80 Å². The smallest absolute Gasteiger partial charge is 0.427 e. The summed E-state index contributed by atoms with van der Waals surface area (Å²) in [6.07, 6.45) is -3.89. The number of guanidine groups is 1. The number of ether oxygens (including phenoxy) is 2. The number of fused-ring (bicyclic) bond motifs is 1. The van der Waals surface area contributed by atoms with E-state index in [1.54, 1.807) is 6.92 Å². The van der Waals surface area contributed by atoms with Gasteiger partial charge < -0.3 is 14.6 Å². The van der Waals surface area contributed by atoms with E-state index >= 15 is 0 Å². The molecule has 13 heteroatoms. The fourth-order valence-corrected chi connectivity index (χ4v) is 3.92. The number of carboxylic acid groups (broad SMARTS) is 1. The van der Waals surface area contributed by atoms with Crippen LogP contribution in [0, 0.1) is 21.8 Å². The molecule has 1 aromatic carbocycles. The third kappa shape index (κ3) is 4.11. The molecule has 1 fully saturated rings. The van der Waals surface area contributed by atoms with Crippen LogP contribution in [0.5, 0.6) is 0 Å². The number of imide groups is 1. The van der Waals surface area contributed by atoms with Gasteiger partial charge in [-0.25, -0.2) is 19.0 Å². The maximum atomic E-state index is 15.0. The van der Waals surface area contributed by atoms with E-state index in [1.807, 2.05) is 0 Å². The van der Waals surface area contributed by atoms with E-state index in [9.17, 15) is 34.0 Å². The maximum absolute atomic E-state index is 15.0. The Morgan fingerprint density at radius 2 is 2.06 bits per heavy atom. The molecule has 33 heavy (non-hydrogen) atoms. The number of hydrogen-bond acceptors (Lipinski definition) is 8. The van der Waals surface area contributed by atoms with Gasteiger partial charge in [0.1, 0.15) is 17.0 Å². The normalized spacial score (nSPS) is 24.7. The molecule has 1 N–H and O–H groups in total. The molecule has 0 saturated carbocycles. The number of hydrogen-bond donors (Lipinski definition) is 1. The summed E-state index contributed by atoms with van der Waals surface area (Å²) in [5.74, 6) is -3.37. The summed E-state index contributed by atoms with van der Waals surface area (Å²) in [4.78, 5) is 53.9. The molecule has 3 atom stereocenters. The predicted molar refractivity (Wildman–Crippen MR) is 110 cm³/mol. The summed E-state index contributed by atoms with van der Waals surface area (Å²) in [7, 11) is 1.21. The largest absolute Gasteiger partial charge is 0.464 e. The van der Waals surface area contributed by atoms with Gasteiger partial charge in [-0.05, 0) is 33.8 Å². The van der Waals surface area contributed by atoms with Crippen LogP contribution in [0.25, 0.3) is 0 Å². The first-order valence-electron chi connectivity index (χ1n) is 9.89. The molecule has 0 radical (unpaired) electrons. The Kier molecular flexibility index (Phi) is 5.88. The molecule has 2 heterocycles. The highest BCUT2D eigenvalue weighted by molar-refractivity contribution is 6.13. The van der Waals surface area contributed by atoms with Gasteiger partial charge in [-0.3, -0.25) is 19.8 Å². The number of nitro benzene ring substituents is 1. The van der Waals surface area contributed by atoms with E-state index in [-0.39, 0.29) is 17.1 Å². The molecule has 0 unspecified atom stereocenters. The lowest BCUT2D eigenvalue weighted by molar-refractivity contribution is -0.385. The van der Waals surface area contributed by atoms with Crippen LogP contribution in [-0.4, -0.2) is 69.2 Å². The monoisotopic (exact) mass is 466 g/mol. The Bertz CT molecular complexity index is 1070. The first-order valence-corrected chi connectivity index (χ1v) is 9.89. The number of carbonyl (C=O) groups is 3. The van der Waals surface area contributed by atoms with E-state index in [0.29, 0.717) is 0 Å². The number of benzene rings is 1. The standard InChI is InChI=1S/C20H23FN4O8/c1-10-14-15(26)23(5)16(24(17(27)28)18(29)33-19(2,3)4)22-20(14,9-32-10)12-8-11(25(30)31)6-7-13(12)21/h6-8,10,14H,9H2,1-5H3,(H,27,28)/t10-,14+,20-/m1/s1. The summed E-state index contributed by atoms with van der Waals surface area (Å²) in [6.45, 7) is 5.74. The molecule has 0 aliphatic carbocycles. The zero-order valence-electron chi connectivity index (χ0n) is 18.6. The Morgan fingerprint density at radius 1 is 1.42 bits per heavy atom. The number of aliphatic imine (C=N–C) groups is 1. The van der Waals surface area contributed by atoms with Crippen molar-refractivity contribution in [2.75, 3.05) is 13.7 Å². The Hall–Kier alpha value is -3.61. The van der Waals surface area contributed by atoms with Crippen molar-refractivity contribution in [2.24, 2.45) is 10.9 Å². The lowest BCUT2D eigenvalue weighted by Crippen LogP contribution is -2.60. The first kappa shape index (κ1) is 24.0. The van der Waals surface area contributed by atoms with Crippen molar-refractivity contribution in [2.45, 2.75) is 44.9 Å². The highest BCUT2D eigenvalue weighted by Gasteiger charge is 2.59. The van der Waals surface area contributed by atoms with E-state index in [2.05, 4.69) is 4.99 Å². The number of nitro groups is 1. The Morgan fingerprint density at radius 3 is 2.61 bits per heavy atom. The minimum absolute atomic E-state index is 0.138. The molecular weight excluding hydrogens is 443 g/mol. The van der Waals surface area contributed by atoms with Crippen LogP contribution in [-0.2, 0) is 19.8 Å². The average Bonchev–Trinajstić information content (AvgIpc) is 3.01. The molecule has 0 bridgehead atoms. The number of amides is 3. The lowest BCUT2D eigenvalue weighted by atomic mass is 9.76. The molecule has 0 aromatic heterocycles. The third-order valence-corrected chi connectivity index (χ3v) is 5.34. The highest BCUT2D eigenvalue weighted by Crippen LogP contribution is 2.47. The van der Waals surface area contributed by atoms with Gasteiger partial charge in [-0.15, -0.1) is 4.90 Å². The Labute approximate surface area is 187 Å². The predicted octanol–water partition coefficient (Wildman–Crippen LogP) is 2.71. The van der Waals surface area contributed by atoms with Gasteiger partial charge in [0.05, 0.1) is 23.6 Å². The van der Waals surface area contributed by atoms with Crippen molar-refractivity contribution < 1.29 is 38.3 Å². The molecule has 1 aromatic rings. The van der Waals surface area contributed by atoms with E-state index < -0.39 is 63.6 Å². The second kappa shape index (κ2) is 8.06. The number of non-ortho nitro benzene ring substituents is 1. The summed E-state index contributed by atoms with van der Waals surface area (Å²) >= 11 is 0. The lowest BCUT2D eigenvalue weighted by Gasteiger charge is -2.40. The minimum atomic E-state index is -1.84. The molecule has 1 saturated heterocycles. The number of carbonyl (C=O) groups excluding carboxylic acids is 2. The quantitative estimate of drug-likeness (QED) is 0.516. The third-order valence-electron chi connectivity index (χ3n) is 5.34. The molecule has 12 nitrogen and oxygen atoms in total. The fourth-order valence-electron chi connectivity index (χ4n) is 3.92. The van der Waals surface area contributed by atoms with Gasteiger partial charge in [-0.1, -0.05) is 0 Å². The van der Waals surface area contributed by atoms with Crippen LogP contribution in [0.15, 0.2) is 23.2 Å². The summed E-state index contributed by atoms with van der Waals surface area (Å²) in [5.41, 5.74) is -3.69. The van der Waals surface area contributed by atoms with E-state index in [4.69, 9.17) is 9.47 Å². The van der Waals surface area contributed by atoms with Gasteiger partial charge in [0.15, 0.2) is 0 Å². The SMILES string of the molecule is C[C@H]1OC[C@]2(c3cc([N+](=O)[O-])ccc3F)N=C(N(C(=O)O)C(=O)OC(C)(C)C)N(C)C(=O)[C@H]12. The molecule has 2 aliphatic rings. The molecule has 2 aliphatic heterocycles. The van der Waals surface area contributed by atoms with Crippen LogP contribution in [0.3, 0.4) is 0 Å².